The van der Waals surface area contributed by atoms with E-state index in [-0.39, 0.29) is 11.8 Å². The number of hydrogen-bond donors (Lipinski definition) is 0. The van der Waals surface area contributed by atoms with Crippen molar-refractivity contribution in [2.75, 3.05) is 4.90 Å². The molecule has 0 bridgehead atoms. The normalized spacial score (nSPS) is 31.4. The fourth-order valence-electron chi connectivity index (χ4n) is 3.46. The van der Waals surface area contributed by atoms with E-state index in [1.165, 1.54) is 4.90 Å². The minimum atomic E-state index is -1.32. The summed E-state index contributed by atoms with van der Waals surface area (Å²) in [6.07, 6.45) is 3.28. The molecule has 6 heteroatoms. The van der Waals surface area contributed by atoms with Crippen molar-refractivity contribution in [2.24, 2.45) is 5.92 Å². The molecule has 1 heterocycles. The SMILES string of the molecule is Cc1cc(Cl)ccc1N1C(=O)C2(Cl)CCCCC2C1(Cl)Cl. The molecule has 2 aliphatic rings. The van der Waals surface area contributed by atoms with Crippen LogP contribution in [0.25, 0.3) is 0 Å². The van der Waals surface area contributed by atoms with E-state index in [1.807, 2.05) is 6.92 Å². The molecule has 1 saturated heterocycles. The van der Waals surface area contributed by atoms with Gasteiger partial charge in [0.05, 0.1) is 0 Å². The van der Waals surface area contributed by atoms with Crippen molar-refractivity contribution < 1.29 is 4.79 Å². The molecule has 2 atom stereocenters. The zero-order valence-electron chi connectivity index (χ0n) is 11.5. The molecule has 0 aromatic heterocycles. The standard InChI is InChI=1S/C15H15Cl4NO/c1-9-8-10(16)5-6-11(9)20-13(21)14(17)7-3-2-4-12(14)15(20,18)19/h5-6,8,12H,2-4,7H2,1H3. The Labute approximate surface area is 144 Å². The van der Waals surface area contributed by atoms with Crippen LogP contribution in [-0.2, 0) is 4.79 Å². The van der Waals surface area contributed by atoms with Crippen molar-refractivity contribution in [2.45, 2.75) is 41.9 Å². The van der Waals surface area contributed by atoms with Gasteiger partial charge in [0, 0.05) is 16.6 Å². The van der Waals surface area contributed by atoms with E-state index in [0.717, 1.165) is 24.8 Å². The molecule has 3 rings (SSSR count). The largest absolute Gasteiger partial charge is 0.277 e. The molecule has 0 radical (unpaired) electrons. The summed E-state index contributed by atoms with van der Waals surface area (Å²) in [6, 6.07) is 5.29. The van der Waals surface area contributed by atoms with Gasteiger partial charge in [-0.25, -0.2) is 0 Å². The number of fused-ring (bicyclic) bond motifs is 1. The number of rotatable bonds is 1. The number of carbonyl (C=O) groups excluding carboxylic acids is 1. The van der Waals surface area contributed by atoms with E-state index < -0.39 is 9.33 Å². The van der Waals surface area contributed by atoms with E-state index in [1.54, 1.807) is 18.2 Å². The van der Waals surface area contributed by atoms with Gasteiger partial charge in [-0.05, 0) is 43.5 Å². The summed E-state index contributed by atoms with van der Waals surface area (Å²) in [4.78, 5) is 13.4. The first kappa shape index (κ1) is 15.7. The quantitative estimate of drug-likeness (QED) is 0.488. The van der Waals surface area contributed by atoms with E-state index in [9.17, 15) is 4.79 Å². The number of aryl methyl sites for hydroxylation is 1. The molecule has 2 fully saturated rings. The zero-order chi connectivity index (χ0) is 15.4. The number of amides is 1. The van der Waals surface area contributed by atoms with Gasteiger partial charge in [-0.2, -0.15) is 0 Å². The first-order valence-corrected chi connectivity index (χ1v) is 8.47. The molecular weight excluding hydrogens is 352 g/mol. The van der Waals surface area contributed by atoms with Crippen LogP contribution >= 0.6 is 46.4 Å². The molecule has 1 saturated carbocycles. The third-order valence-corrected chi connectivity index (χ3v) is 6.23. The van der Waals surface area contributed by atoms with Crippen molar-refractivity contribution in [3.63, 3.8) is 0 Å². The van der Waals surface area contributed by atoms with Crippen LogP contribution in [-0.4, -0.2) is 15.2 Å². The number of hydrogen-bond acceptors (Lipinski definition) is 1. The minimum Gasteiger partial charge on any atom is -0.277 e. The fraction of sp³-hybridized carbons (Fsp3) is 0.533. The molecule has 1 amide bonds. The van der Waals surface area contributed by atoms with Gasteiger partial charge in [0.1, 0.15) is 4.87 Å². The third-order valence-electron chi connectivity index (χ3n) is 4.51. The minimum absolute atomic E-state index is 0.204. The van der Waals surface area contributed by atoms with Crippen LogP contribution < -0.4 is 4.90 Å². The lowest BCUT2D eigenvalue weighted by Crippen LogP contribution is -2.40. The van der Waals surface area contributed by atoms with E-state index >= 15 is 0 Å². The Balaban J connectivity index is 2.12. The summed E-state index contributed by atoms with van der Waals surface area (Å²) < 4.78 is -1.32. The van der Waals surface area contributed by atoms with E-state index in [4.69, 9.17) is 46.4 Å². The van der Waals surface area contributed by atoms with Crippen LogP contribution in [0.1, 0.15) is 31.2 Å². The number of nitrogens with zero attached hydrogens (tertiary/aromatic N) is 1. The smallest absolute Gasteiger partial charge is 0.251 e. The highest BCUT2D eigenvalue weighted by Crippen LogP contribution is 2.58. The van der Waals surface area contributed by atoms with Crippen molar-refractivity contribution >= 4 is 58.0 Å². The molecule has 2 unspecified atom stereocenters. The lowest BCUT2D eigenvalue weighted by atomic mass is 9.80. The summed E-state index contributed by atoms with van der Waals surface area (Å²) in [5.41, 5.74) is 1.52. The monoisotopic (exact) mass is 365 g/mol. The summed E-state index contributed by atoms with van der Waals surface area (Å²) >= 11 is 25.8. The van der Waals surface area contributed by atoms with Crippen LogP contribution in [0.3, 0.4) is 0 Å². The summed E-state index contributed by atoms with van der Waals surface area (Å²) in [7, 11) is 0. The highest BCUT2D eigenvalue weighted by Gasteiger charge is 2.66. The van der Waals surface area contributed by atoms with E-state index in [2.05, 4.69) is 0 Å². The summed E-state index contributed by atoms with van der Waals surface area (Å²) in [5, 5.41) is 0.607. The molecule has 114 valence electrons. The number of benzene rings is 1. The molecule has 2 nitrogen and oxygen atoms in total. The number of alkyl halides is 3. The Hall–Kier alpha value is -0.150. The van der Waals surface area contributed by atoms with Gasteiger partial charge >= 0.3 is 0 Å². The van der Waals surface area contributed by atoms with Gasteiger partial charge < -0.3 is 0 Å². The lowest BCUT2D eigenvalue weighted by Gasteiger charge is -2.35. The second-order valence-corrected chi connectivity index (χ2v) is 8.28. The second kappa shape index (κ2) is 5.19. The average Bonchev–Trinajstić information content (AvgIpc) is 2.56. The highest BCUT2D eigenvalue weighted by atomic mass is 35.5. The first-order valence-electron chi connectivity index (χ1n) is 6.96. The average molecular weight is 367 g/mol. The molecule has 1 aliphatic carbocycles. The highest BCUT2D eigenvalue weighted by molar-refractivity contribution is 6.55. The van der Waals surface area contributed by atoms with Crippen LogP contribution in [0.5, 0.6) is 0 Å². The maximum atomic E-state index is 12.9. The van der Waals surface area contributed by atoms with Gasteiger partial charge in [-0.15, -0.1) is 11.6 Å². The van der Waals surface area contributed by atoms with Crippen molar-refractivity contribution in [1.82, 2.24) is 0 Å². The Morgan fingerprint density at radius 3 is 2.57 bits per heavy atom. The number of anilines is 1. The Bertz CT molecular complexity index is 603. The van der Waals surface area contributed by atoms with Gasteiger partial charge in [-0.3, -0.25) is 9.69 Å². The summed E-state index contributed by atoms with van der Waals surface area (Å²) in [5.74, 6) is -0.476. The fourth-order valence-corrected chi connectivity index (χ4v) is 5.21. The molecule has 1 aliphatic heterocycles. The molecule has 1 aromatic rings. The topological polar surface area (TPSA) is 20.3 Å². The van der Waals surface area contributed by atoms with Crippen LogP contribution in [0.2, 0.25) is 5.02 Å². The van der Waals surface area contributed by atoms with E-state index in [0.29, 0.717) is 17.1 Å². The van der Waals surface area contributed by atoms with Gasteiger partial charge in [0.2, 0.25) is 4.46 Å². The number of halogens is 4. The third kappa shape index (κ3) is 2.26. The first-order chi connectivity index (χ1) is 9.78. The van der Waals surface area contributed by atoms with Gasteiger partial charge in [-0.1, -0.05) is 47.6 Å². The predicted octanol–water partition coefficient (Wildman–Crippen LogP) is 5.29. The maximum absolute atomic E-state index is 12.9. The predicted molar refractivity (Wildman–Crippen MR) is 88.7 cm³/mol. The molecule has 0 spiro atoms. The molecule has 21 heavy (non-hydrogen) atoms. The number of carbonyl (C=O) groups is 1. The Morgan fingerprint density at radius 1 is 1.24 bits per heavy atom. The van der Waals surface area contributed by atoms with Crippen molar-refractivity contribution in [1.29, 1.82) is 0 Å². The maximum Gasteiger partial charge on any atom is 0.251 e. The van der Waals surface area contributed by atoms with Gasteiger partial charge in [0.15, 0.2) is 0 Å². The van der Waals surface area contributed by atoms with Crippen LogP contribution in [0.4, 0.5) is 5.69 Å². The zero-order valence-corrected chi connectivity index (χ0v) is 14.5. The van der Waals surface area contributed by atoms with Gasteiger partial charge in [0.25, 0.3) is 5.91 Å². The van der Waals surface area contributed by atoms with Crippen LogP contribution in [0.15, 0.2) is 18.2 Å². The van der Waals surface area contributed by atoms with Crippen LogP contribution in [0, 0.1) is 12.8 Å². The second-order valence-electron chi connectivity index (χ2n) is 5.82. The van der Waals surface area contributed by atoms with Crippen molar-refractivity contribution in [3.05, 3.63) is 28.8 Å². The van der Waals surface area contributed by atoms with Crippen molar-refractivity contribution in [3.8, 4) is 0 Å². The lowest BCUT2D eigenvalue weighted by molar-refractivity contribution is -0.120. The Kier molecular flexibility index (Phi) is 3.89. The molecule has 0 N–H and O–H groups in total. The molecule has 1 aromatic carbocycles. The molecular formula is C15H15Cl4NO. The Morgan fingerprint density at radius 2 is 1.95 bits per heavy atom. The summed E-state index contributed by atoms with van der Waals surface area (Å²) in [6.45, 7) is 1.88.